The minimum absolute atomic E-state index is 0.0373. The van der Waals surface area contributed by atoms with Gasteiger partial charge in [-0.1, -0.05) is 117 Å². The molecule has 0 aliphatic heterocycles. The molecule has 0 radical (unpaired) electrons. The summed E-state index contributed by atoms with van der Waals surface area (Å²) in [6.07, 6.45) is 22.4. The summed E-state index contributed by atoms with van der Waals surface area (Å²) in [4.78, 5) is 24.3. The van der Waals surface area contributed by atoms with Gasteiger partial charge in [-0.05, 0) is 26.2 Å². The predicted octanol–water partition coefficient (Wildman–Crippen LogP) is 8.02. The van der Waals surface area contributed by atoms with E-state index in [0.717, 1.165) is 12.8 Å². The summed E-state index contributed by atoms with van der Waals surface area (Å²) < 4.78 is 10.2. The van der Waals surface area contributed by atoms with Crippen molar-refractivity contribution in [1.82, 2.24) is 0 Å². The van der Waals surface area contributed by atoms with Gasteiger partial charge in [-0.15, -0.1) is 0 Å². The average Bonchev–Trinajstić information content (AvgIpc) is 2.74. The first-order chi connectivity index (χ1) is 15.1. The third-order valence-electron chi connectivity index (χ3n) is 6.16. The van der Waals surface area contributed by atoms with Crippen LogP contribution in [0.4, 0.5) is 0 Å². The van der Waals surface area contributed by atoms with Gasteiger partial charge in [0, 0.05) is 0 Å². The maximum Gasteiger partial charge on any atom is 0.320 e. The van der Waals surface area contributed by atoms with E-state index in [-0.39, 0.29) is 5.92 Å². The molecule has 4 heteroatoms. The number of carbonyl (C=O) groups excluding carboxylic acids is 2. The fraction of sp³-hybridized carbons (Fsp3) is 0.926. The van der Waals surface area contributed by atoms with Crippen LogP contribution in [0.3, 0.4) is 0 Å². The van der Waals surface area contributed by atoms with Crippen LogP contribution < -0.4 is 0 Å². The Kier molecular flexibility index (Phi) is 21.4. The quantitative estimate of drug-likeness (QED) is 0.0971. The first-order valence-corrected chi connectivity index (χ1v) is 13.4. The molecule has 4 nitrogen and oxygen atoms in total. The SMILES string of the molecule is CCCCCCCCCCCCCCCCCCC(C)C(C(=O)OCC)C(=O)OCC. The fourth-order valence-corrected chi connectivity index (χ4v) is 4.21. The number of unbranched alkanes of at least 4 members (excludes halogenated alkanes) is 15. The lowest BCUT2D eigenvalue weighted by Crippen LogP contribution is -2.33. The predicted molar refractivity (Wildman–Crippen MR) is 130 cm³/mol. The minimum atomic E-state index is -0.781. The van der Waals surface area contributed by atoms with Gasteiger partial charge in [0.05, 0.1) is 13.2 Å². The molecule has 31 heavy (non-hydrogen) atoms. The maximum absolute atomic E-state index is 12.1. The molecular weight excluding hydrogens is 388 g/mol. The van der Waals surface area contributed by atoms with Gasteiger partial charge in [0.2, 0.25) is 0 Å². The molecular formula is C27H52O4. The van der Waals surface area contributed by atoms with E-state index in [1.807, 2.05) is 6.92 Å². The number of carbonyl (C=O) groups is 2. The van der Waals surface area contributed by atoms with Crippen molar-refractivity contribution >= 4 is 11.9 Å². The van der Waals surface area contributed by atoms with Gasteiger partial charge in [-0.2, -0.15) is 0 Å². The topological polar surface area (TPSA) is 52.6 Å². The van der Waals surface area contributed by atoms with Crippen molar-refractivity contribution in [3.63, 3.8) is 0 Å². The van der Waals surface area contributed by atoms with E-state index in [4.69, 9.17) is 9.47 Å². The van der Waals surface area contributed by atoms with Gasteiger partial charge in [-0.25, -0.2) is 0 Å². The monoisotopic (exact) mass is 440 g/mol. The molecule has 0 rings (SSSR count). The van der Waals surface area contributed by atoms with Crippen LogP contribution in [0.15, 0.2) is 0 Å². The second kappa shape index (κ2) is 22.1. The lowest BCUT2D eigenvalue weighted by atomic mass is 9.89. The second-order valence-corrected chi connectivity index (χ2v) is 9.05. The van der Waals surface area contributed by atoms with Crippen molar-refractivity contribution in [2.45, 2.75) is 137 Å². The third-order valence-corrected chi connectivity index (χ3v) is 6.16. The zero-order chi connectivity index (χ0) is 23.2. The number of hydrogen-bond acceptors (Lipinski definition) is 4. The van der Waals surface area contributed by atoms with Crippen LogP contribution in [0.5, 0.6) is 0 Å². The Hall–Kier alpha value is -1.06. The van der Waals surface area contributed by atoms with Crippen LogP contribution >= 0.6 is 0 Å². The molecule has 0 saturated heterocycles. The highest BCUT2D eigenvalue weighted by Gasteiger charge is 2.34. The minimum Gasteiger partial charge on any atom is -0.465 e. The molecule has 0 aromatic heterocycles. The van der Waals surface area contributed by atoms with E-state index < -0.39 is 17.9 Å². The molecule has 0 N–H and O–H groups in total. The molecule has 0 saturated carbocycles. The zero-order valence-electron chi connectivity index (χ0n) is 21.2. The molecule has 0 aromatic rings. The molecule has 0 aromatic carbocycles. The van der Waals surface area contributed by atoms with Gasteiger partial charge < -0.3 is 9.47 Å². The molecule has 1 unspecified atom stereocenters. The van der Waals surface area contributed by atoms with Gasteiger partial charge in [0.1, 0.15) is 0 Å². The lowest BCUT2D eigenvalue weighted by molar-refractivity contribution is -0.164. The van der Waals surface area contributed by atoms with Crippen molar-refractivity contribution in [1.29, 1.82) is 0 Å². The van der Waals surface area contributed by atoms with Gasteiger partial charge in [0.25, 0.3) is 0 Å². The van der Waals surface area contributed by atoms with E-state index in [1.54, 1.807) is 13.8 Å². The molecule has 184 valence electrons. The summed E-state index contributed by atoms with van der Waals surface area (Å²) in [5.74, 6) is -1.70. The van der Waals surface area contributed by atoms with Gasteiger partial charge >= 0.3 is 11.9 Å². The summed E-state index contributed by atoms with van der Waals surface area (Å²) in [6, 6.07) is 0. The second-order valence-electron chi connectivity index (χ2n) is 9.05. The molecule has 0 aliphatic carbocycles. The number of rotatable bonds is 22. The largest absolute Gasteiger partial charge is 0.465 e. The lowest BCUT2D eigenvalue weighted by Gasteiger charge is -2.20. The standard InChI is InChI=1S/C27H52O4/c1-5-8-9-10-11-12-13-14-15-16-17-18-19-20-21-22-23-24(4)25(26(28)30-6-2)27(29)31-7-3/h24-25H,5-23H2,1-4H3. The Balaban J connectivity index is 3.65. The summed E-state index contributed by atoms with van der Waals surface area (Å²) in [7, 11) is 0. The highest BCUT2D eigenvalue weighted by molar-refractivity contribution is 5.95. The van der Waals surface area contributed by atoms with Crippen LogP contribution in [-0.4, -0.2) is 25.2 Å². The Morgan fingerprint density at radius 3 is 1.19 bits per heavy atom. The van der Waals surface area contributed by atoms with Gasteiger partial charge in [-0.3, -0.25) is 9.59 Å². The molecule has 0 heterocycles. The average molecular weight is 441 g/mol. The van der Waals surface area contributed by atoms with Crippen LogP contribution in [0.1, 0.15) is 137 Å². The molecule has 0 amide bonds. The van der Waals surface area contributed by atoms with Crippen molar-refractivity contribution in [2.75, 3.05) is 13.2 Å². The summed E-state index contributed by atoms with van der Waals surface area (Å²) in [5, 5.41) is 0. The number of ether oxygens (including phenoxy) is 2. The first-order valence-electron chi connectivity index (χ1n) is 13.4. The highest BCUT2D eigenvalue weighted by Crippen LogP contribution is 2.23. The molecule has 0 spiro atoms. The maximum atomic E-state index is 12.1. The van der Waals surface area contributed by atoms with Crippen molar-refractivity contribution < 1.29 is 19.1 Å². The van der Waals surface area contributed by atoms with E-state index in [2.05, 4.69) is 6.92 Å². The third kappa shape index (κ3) is 17.2. The van der Waals surface area contributed by atoms with Crippen molar-refractivity contribution in [3.8, 4) is 0 Å². The van der Waals surface area contributed by atoms with E-state index in [1.165, 1.54) is 96.3 Å². The number of hydrogen-bond donors (Lipinski definition) is 0. The van der Waals surface area contributed by atoms with Crippen molar-refractivity contribution in [3.05, 3.63) is 0 Å². The van der Waals surface area contributed by atoms with Crippen LogP contribution in [0.25, 0.3) is 0 Å². The molecule has 0 aliphatic rings. The highest BCUT2D eigenvalue weighted by atomic mass is 16.6. The first kappa shape index (κ1) is 29.9. The summed E-state index contributed by atoms with van der Waals surface area (Å²) in [5.41, 5.74) is 0. The van der Waals surface area contributed by atoms with E-state index in [9.17, 15) is 9.59 Å². The van der Waals surface area contributed by atoms with E-state index in [0.29, 0.717) is 13.2 Å². The molecule has 1 atom stereocenters. The summed E-state index contributed by atoms with van der Waals surface area (Å²) >= 11 is 0. The normalized spacial score (nSPS) is 12.2. The zero-order valence-corrected chi connectivity index (χ0v) is 21.2. The fourth-order valence-electron chi connectivity index (χ4n) is 4.21. The van der Waals surface area contributed by atoms with Crippen LogP contribution in [0.2, 0.25) is 0 Å². The Labute approximate surface area is 193 Å². The van der Waals surface area contributed by atoms with Crippen molar-refractivity contribution in [2.24, 2.45) is 11.8 Å². The number of esters is 2. The Morgan fingerprint density at radius 1 is 0.548 bits per heavy atom. The summed E-state index contributed by atoms with van der Waals surface area (Å²) in [6.45, 7) is 8.35. The van der Waals surface area contributed by atoms with E-state index >= 15 is 0 Å². The van der Waals surface area contributed by atoms with Gasteiger partial charge in [0.15, 0.2) is 5.92 Å². The molecule has 0 bridgehead atoms. The Morgan fingerprint density at radius 2 is 0.871 bits per heavy atom. The van der Waals surface area contributed by atoms with Crippen LogP contribution in [0, 0.1) is 11.8 Å². The van der Waals surface area contributed by atoms with Crippen LogP contribution in [-0.2, 0) is 19.1 Å². The Bertz CT molecular complexity index is 403. The smallest absolute Gasteiger partial charge is 0.320 e. The molecule has 0 fully saturated rings.